The number of aryl methyl sites for hydroxylation is 1. The number of hydrogen-bond donors (Lipinski definition) is 2. The summed E-state index contributed by atoms with van der Waals surface area (Å²) in [5, 5.41) is 0. The highest BCUT2D eigenvalue weighted by Crippen LogP contribution is 2.37. The molecule has 1 aliphatic heterocycles. The summed E-state index contributed by atoms with van der Waals surface area (Å²) >= 11 is 0. The van der Waals surface area contributed by atoms with Gasteiger partial charge in [0, 0.05) is 11.6 Å². The minimum Gasteiger partial charge on any atom is -0.497 e. The molecule has 176 valence electrons. The Kier molecular flexibility index (Phi) is 7.03. The lowest BCUT2D eigenvalue weighted by Gasteiger charge is -2.34. The second kappa shape index (κ2) is 9.96. The van der Waals surface area contributed by atoms with Crippen LogP contribution >= 0.6 is 0 Å². The summed E-state index contributed by atoms with van der Waals surface area (Å²) in [5.74, 6) is 0.916. The fourth-order valence-electron chi connectivity index (χ4n) is 5.40. The van der Waals surface area contributed by atoms with Crippen molar-refractivity contribution in [2.24, 2.45) is 23.3 Å². The van der Waals surface area contributed by atoms with Gasteiger partial charge in [-0.15, -0.1) is 0 Å². The molecule has 6 nitrogen and oxygen atoms in total. The highest BCUT2D eigenvalue weighted by Gasteiger charge is 2.41. The Balaban J connectivity index is 1.54. The number of nitrogens with zero attached hydrogens (tertiary/aromatic N) is 1. The monoisotopic (exact) mass is 449 g/mol. The number of anilines is 1. The van der Waals surface area contributed by atoms with Gasteiger partial charge in [0.25, 0.3) is 0 Å². The summed E-state index contributed by atoms with van der Waals surface area (Å²) in [6.07, 6.45) is 6.63. The average molecular weight is 450 g/mol. The molecule has 3 atom stereocenters. The summed E-state index contributed by atoms with van der Waals surface area (Å²) < 4.78 is 5.27. The van der Waals surface area contributed by atoms with Crippen molar-refractivity contribution >= 4 is 17.5 Å². The summed E-state index contributed by atoms with van der Waals surface area (Å²) in [5.41, 5.74) is 14.6. The summed E-state index contributed by atoms with van der Waals surface area (Å²) in [6, 6.07) is 15.9. The lowest BCUT2D eigenvalue weighted by atomic mass is 9.76. The van der Waals surface area contributed by atoms with Gasteiger partial charge in [0.15, 0.2) is 0 Å². The van der Waals surface area contributed by atoms with Crippen molar-refractivity contribution in [2.75, 3.05) is 12.0 Å². The Morgan fingerprint density at radius 2 is 1.91 bits per heavy atom. The first-order valence-electron chi connectivity index (χ1n) is 12.0. The number of methoxy groups -OCH3 is 1. The van der Waals surface area contributed by atoms with Crippen molar-refractivity contribution < 1.29 is 14.3 Å². The van der Waals surface area contributed by atoms with E-state index in [2.05, 4.69) is 6.07 Å². The van der Waals surface area contributed by atoms with Crippen molar-refractivity contribution in [1.29, 1.82) is 0 Å². The number of carbonyl (C=O) groups is 2. The van der Waals surface area contributed by atoms with Crippen molar-refractivity contribution in [2.45, 2.75) is 63.5 Å². The molecule has 1 heterocycles. The number of primary amides is 1. The van der Waals surface area contributed by atoms with E-state index in [4.69, 9.17) is 16.2 Å². The summed E-state index contributed by atoms with van der Waals surface area (Å²) in [6.45, 7) is 0.464. The predicted octanol–water partition coefficient (Wildman–Crippen LogP) is 3.94. The van der Waals surface area contributed by atoms with Crippen LogP contribution in [0.1, 0.15) is 56.1 Å². The zero-order valence-corrected chi connectivity index (χ0v) is 19.5. The Labute approximate surface area is 196 Å². The van der Waals surface area contributed by atoms with Crippen LogP contribution in [-0.4, -0.2) is 24.5 Å². The lowest BCUT2D eigenvalue weighted by Crippen LogP contribution is -2.55. The van der Waals surface area contributed by atoms with Crippen LogP contribution in [0.4, 0.5) is 5.69 Å². The molecule has 1 fully saturated rings. The van der Waals surface area contributed by atoms with Gasteiger partial charge in [-0.05, 0) is 73.8 Å². The Bertz CT molecular complexity index is 990. The van der Waals surface area contributed by atoms with E-state index in [-0.39, 0.29) is 17.7 Å². The van der Waals surface area contributed by atoms with Gasteiger partial charge < -0.3 is 21.1 Å². The van der Waals surface area contributed by atoms with Crippen LogP contribution in [0.2, 0.25) is 0 Å². The third-order valence-electron chi connectivity index (χ3n) is 7.48. The molecule has 4 rings (SSSR count). The molecular formula is C27H35N3O3. The average Bonchev–Trinajstić information content (AvgIpc) is 2.94. The molecule has 2 amide bonds. The van der Waals surface area contributed by atoms with E-state index in [0.717, 1.165) is 61.1 Å². The highest BCUT2D eigenvalue weighted by molar-refractivity contribution is 6.01. The topological polar surface area (TPSA) is 98.7 Å². The molecule has 1 aliphatic carbocycles. The zero-order valence-electron chi connectivity index (χ0n) is 19.5. The van der Waals surface area contributed by atoms with Gasteiger partial charge >= 0.3 is 0 Å². The second-order valence-electron chi connectivity index (χ2n) is 9.69. The molecule has 0 radical (unpaired) electrons. The molecule has 0 spiro atoms. The maximum Gasteiger partial charge on any atom is 0.247 e. The van der Waals surface area contributed by atoms with Gasteiger partial charge in [0.05, 0.1) is 19.2 Å². The third kappa shape index (κ3) is 5.22. The highest BCUT2D eigenvalue weighted by atomic mass is 16.5. The van der Waals surface area contributed by atoms with E-state index in [1.165, 1.54) is 0 Å². The van der Waals surface area contributed by atoms with Crippen LogP contribution in [-0.2, 0) is 22.6 Å². The minimum atomic E-state index is -0.925. The zero-order chi connectivity index (χ0) is 23.4. The van der Waals surface area contributed by atoms with Gasteiger partial charge in [-0.2, -0.15) is 0 Å². The van der Waals surface area contributed by atoms with Crippen molar-refractivity contribution in [3.05, 3.63) is 59.7 Å². The van der Waals surface area contributed by atoms with E-state index in [0.29, 0.717) is 25.3 Å². The smallest absolute Gasteiger partial charge is 0.247 e. The third-order valence-corrected chi connectivity index (χ3v) is 7.48. The molecule has 1 unspecified atom stereocenters. The summed E-state index contributed by atoms with van der Waals surface area (Å²) in [4.78, 5) is 27.4. The molecular weight excluding hydrogens is 414 g/mol. The minimum absolute atomic E-state index is 0.0227. The number of carbonyl (C=O) groups excluding carboxylic acids is 2. The van der Waals surface area contributed by atoms with Gasteiger partial charge in [0.1, 0.15) is 5.75 Å². The molecule has 2 aliphatic rings. The van der Waals surface area contributed by atoms with Gasteiger partial charge in [-0.25, -0.2) is 0 Å². The fourth-order valence-corrected chi connectivity index (χ4v) is 5.40. The molecule has 0 aromatic heterocycles. The quantitative estimate of drug-likeness (QED) is 0.669. The molecule has 1 saturated carbocycles. The Morgan fingerprint density at radius 1 is 1.15 bits per heavy atom. The number of benzene rings is 2. The van der Waals surface area contributed by atoms with E-state index in [1.54, 1.807) is 7.11 Å². The lowest BCUT2D eigenvalue weighted by molar-refractivity contribution is -0.125. The molecule has 2 aromatic carbocycles. The van der Waals surface area contributed by atoms with Crippen LogP contribution in [0.5, 0.6) is 5.75 Å². The van der Waals surface area contributed by atoms with Gasteiger partial charge in [0.2, 0.25) is 11.8 Å². The number of fused-ring (bicyclic) bond motifs is 1. The molecule has 4 N–H and O–H groups in total. The summed E-state index contributed by atoms with van der Waals surface area (Å²) in [7, 11) is 1.64. The van der Waals surface area contributed by atoms with Gasteiger partial charge in [-0.1, -0.05) is 43.2 Å². The van der Waals surface area contributed by atoms with E-state index < -0.39 is 5.54 Å². The van der Waals surface area contributed by atoms with Gasteiger partial charge in [-0.3, -0.25) is 9.59 Å². The fraction of sp³-hybridized carbons (Fsp3) is 0.481. The van der Waals surface area contributed by atoms with Crippen LogP contribution in [0.25, 0.3) is 0 Å². The normalized spacial score (nSPS) is 25.3. The molecule has 0 bridgehead atoms. The van der Waals surface area contributed by atoms with Crippen molar-refractivity contribution in [1.82, 2.24) is 0 Å². The maximum absolute atomic E-state index is 13.9. The Hall–Kier alpha value is -2.86. The van der Waals surface area contributed by atoms with Crippen LogP contribution in [0.15, 0.2) is 48.5 Å². The maximum atomic E-state index is 13.9. The van der Waals surface area contributed by atoms with Crippen LogP contribution in [0.3, 0.4) is 0 Å². The molecule has 2 aromatic rings. The molecule has 0 saturated heterocycles. The Morgan fingerprint density at radius 3 is 2.64 bits per heavy atom. The number of ether oxygens (including phenoxy) is 1. The van der Waals surface area contributed by atoms with Crippen molar-refractivity contribution in [3.63, 3.8) is 0 Å². The predicted molar refractivity (Wildman–Crippen MR) is 130 cm³/mol. The number of para-hydroxylation sites is 1. The van der Waals surface area contributed by atoms with Crippen LogP contribution < -0.4 is 21.1 Å². The largest absolute Gasteiger partial charge is 0.497 e. The van der Waals surface area contributed by atoms with Crippen LogP contribution in [0, 0.1) is 11.8 Å². The number of amides is 2. The van der Waals surface area contributed by atoms with E-state index in [1.807, 2.05) is 47.4 Å². The molecule has 6 heteroatoms. The second-order valence-corrected chi connectivity index (χ2v) is 9.69. The first kappa shape index (κ1) is 23.3. The number of rotatable bonds is 7. The first-order chi connectivity index (χ1) is 15.9. The number of nitrogens with two attached hydrogens (primary N) is 2. The van der Waals surface area contributed by atoms with E-state index in [9.17, 15) is 9.59 Å². The first-order valence-corrected chi connectivity index (χ1v) is 12.0. The van der Waals surface area contributed by atoms with E-state index >= 15 is 0 Å². The standard InChI is InChI=1S/C27H35N3O3/c1-33-23-11-9-20(10-12-23)18-30-24-8-3-2-6-21(24)14-16-27(29,26(30)32)15-13-19-5-4-7-22(17-19)25(28)31/h2-3,6,8-12,19,22H,4-5,7,13-18,29H2,1H3,(H2,28,31)/t19?,22-,27-/m0/s1. The molecule has 33 heavy (non-hydrogen) atoms. The van der Waals surface area contributed by atoms with Crippen molar-refractivity contribution in [3.8, 4) is 5.75 Å². The SMILES string of the molecule is COc1ccc(CN2C(=O)[C@](N)(CCC3CCC[C@H](C(N)=O)C3)CCc3ccccc32)cc1. The number of hydrogen-bond acceptors (Lipinski definition) is 4.